The minimum atomic E-state index is -2.16. The van der Waals surface area contributed by atoms with E-state index < -0.39 is 7.14 Å². The third kappa shape index (κ3) is 2.66. The number of hydrogen-bond donors (Lipinski definition) is 0. The Bertz CT molecular complexity index is 660. The molecule has 1 aliphatic heterocycles. The van der Waals surface area contributed by atoms with Crippen LogP contribution in [0.25, 0.3) is 0 Å². The van der Waals surface area contributed by atoms with Gasteiger partial charge in [-0.3, -0.25) is 0 Å². The first-order valence-corrected chi connectivity index (χ1v) is 9.61. The summed E-state index contributed by atoms with van der Waals surface area (Å²) >= 11 is 0. The fraction of sp³-hybridized carbons (Fsp3) is 0.294. The van der Waals surface area contributed by atoms with Gasteiger partial charge in [-0.1, -0.05) is 30.3 Å². The van der Waals surface area contributed by atoms with Gasteiger partial charge in [0.15, 0.2) is 0 Å². The lowest BCUT2D eigenvalue weighted by atomic mass is 10.1. The average molecular weight is 285 g/mol. The van der Waals surface area contributed by atoms with Crippen LogP contribution < -0.4 is 10.2 Å². The van der Waals surface area contributed by atoms with Gasteiger partial charge in [-0.05, 0) is 49.1 Å². The lowest BCUT2D eigenvalue weighted by molar-refractivity contribution is 0.588. The number of benzene rings is 2. The van der Waals surface area contributed by atoms with Crippen molar-refractivity contribution in [2.24, 2.45) is 0 Å². The Hall–Kier alpha value is -1.53. The predicted molar refractivity (Wildman–Crippen MR) is 86.7 cm³/mol. The van der Waals surface area contributed by atoms with Crippen molar-refractivity contribution < 1.29 is 4.57 Å². The van der Waals surface area contributed by atoms with Crippen molar-refractivity contribution in [2.75, 3.05) is 24.8 Å². The van der Waals surface area contributed by atoms with Crippen LogP contribution in [0.2, 0.25) is 0 Å². The summed E-state index contributed by atoms with van der Waals surface area (Å²) < 4.78 is 12.2. The molecule has 20 heavy (non-hydrogen) atoms. The normalized spacial score (nSPS) is 14.4. The van der Waals surface area contributed by atoms with E-state index in [1.807, 2.05) is 25.5 Å². The quantitative estimate of drug-likeness (QED) is 0.805. The molecule has 2 nitrogen and oxygen atoms in total. The second-order valence-electron chi connectivity index (χ2n) is 5.82. The molecule has 2 aromatic rings. The Morgan fingerprint density at radius 1 is 1.10 bits per heavy atom. The fourth-order valence-electron chi connectivity index (χ4n) is 2.76. The Labute approximate surface area is 120 Å². The second kappa shape index (κ2) is 5.10. The Balaban J connectivity index is 1.86. The minimum absolute atomic E-state index is 0.948. The highest BCUT2D eigenvalue weighted by atomic mass is 31.2. The molecule has 0 bridgehead atoms. The van der Waals surface area contributed by atoms with Gasteiger partial charge in [-0.25, -0.2) is 0 Å². The molecule has 1 aliphatic rings. The third-order valence-electron chi connectivity index (χ3n) is 3.89. The van der Waals surface area contributed by atoms with Crippen LogP contribution in [0.1, 0.15) is 11.1 Å². The smallest absolute Gasteiger partial charge is 0.109 e. The molecule has 3 heteroatoms. The van der Waals surface area contributed by atoms with Crippen LogP contribution in [-0.2, 0) is 17.5 Å². The highest BCUT2D eigenvalue weighted by Gasteiger charge is 2.21. The van der Waals surface area contributed by atoms with Gasteiger partial charge in [0.25, 0.3) is 0 Å². The van der Waals surface area contributed by atoms with Gasteiger partial charge in [0.1, 0.15) is 7.14 Å². The van der Waals surface area contributed by atoms with Gasteiger partial charge in [0.05, 0.1) is 0 Å². The van der Waals surface area contributed by atoms with Crippen molar-refractivity contribution in [3.8, 4) is 0 Å². The summed E-state index contributed by atoms with van der Waals surface area (Å²) in [6.45, 7) is 5.67. The summed E-state index contributed by atoms with van der Waals surface area (Å²) in [4.78, 5) is 2.41. The van der Waals surface area contributed by atoms with Gasteiger partial charge < -0.3 is 9.46 Å². The van der Waals surface area contributed by atoms with Crippen LogP contribution in [0.15, 0.2) is 48.5 Å². The number of fused-ring (bicyclic) bond motifs is 1. The maximum atomic E-state index is 12.2. The number of rotatable bonds is 3. The van der Waals surface area contributed by atoms with Crippen molar-refractivity contribution in [1.29, 1.82) is 0 Å². The first kappa shape index (κ1) is 13.5. The molecule has 0 spiro atoms. The summed E-state index contributed by atoms with van der Waals surface area (Å²) in [5, 5.41) is 0.998. The van der Waals surface area contributed by atoms with Crippen LogP contribution in [-0.4, -0.2) is 19.9 Å². The molecule has 0 aliphatic carbocycles. The lowest BCUT2D eigenvalue weighted by Crippen LogP contribution is -2.19. The lowest BCUT2D eigenvalue weighted by Gasteiger charge is -2.20. The molecule has 0 unspecified atom stereocenters. The van der Waals surface area contributed by atoms with Crippen LogP contribution in [0, 0.1) is 0 Å². The van der Waals surface area contributed by atoms with E-state index in [0.29, 0.717) is 0 Å². The summed E-state index contributed by atoms with van der Waals surface area (Å²) in [7, 11) is -2.16. The van der Waals surface area contributed by atoms with E-state index in [1.165, 1.54) is 16.8 Å². The first-order chi connectivity index (χ1) is 9.54. The van der Waals surface area contributed by atoms with Gasteiger partial charge in [0.2, 0.25) is 0 Å². The van der Waals surface area contributed by atoms with Gasteiger partial charge in [-0.2, -0.15) is 0 Å². The van der Waals surface area contributed by atoms with Crippen molar-refractivity contribution >= 4 is 18.1 Å². The van der Waals surface area contributed by atoms with Crippen molar-refractivity contribution in [3.05, 3.63) is 59.7 Å². The Morgan fingerprint density at radius 3 is 2.55 bits per heavy atom. The third-order valence-corrected chi connectivity index (χ3v) is 5.41. The van der Waals surface area contributed by atoms with Gasteiger partial charge in [0, 0.05) is 24.1 Å². The molecule has 0 aromatic heterocycles. The second-order valence-corrected chi connectivity index (χ2v) is 9.04. The molecule has 0 atom stereocenters. The van der Waals surface area contributed by atoms with E-state index in [0.717, 1.165) is 24.8 Å². The van der Waals surface area contributed by atoms with Crippen LogP contribution in [0.3, 0.4) is 0 Å². The summed E-state index contributed by atoms with van der Waals surface area (Å²) in [6, 6.07) is 16.9. The maximum Gasteiger partial charge on any atom is 0.109 e. The fourth-order valence-corrected chi connectivity index (χ4v) is 3.66. The van der Waals surface area contributed by atoms with Crippen molar-refractivity contribution in [2.45, 2.75) is 13.0 Å². The van der Waals surface area contributed by atoms with Gasteiger partial charge >= 0.3 is 0 Å². The highest BCUT2D eigenvalue weighted by Crippen LogP contribution is 2.37. The van der Waals surface area contributed by atoms with Gasteiger partial charge in [-0.15, -0.1) is 0 Å². The number of hydrogen-bond acceptors (Lipinski definition) is 2. The van der Waals surface area contributed by atoms with Crippen LogP contribution in [0.4, 0.5) is 5.69 Å². The molecule has 104 valence electrons. The van der Waals surface area contributed by atoms with Crippen LogP contribution in [0.5, 0.6) is 0 Å². The number of anilines is 1. The van der Waals surface area contributed by atoms with E-state index in [4.69, 9.17) is 0 Å². The summed E-state index contributed by atoms with van der Waals surface area (Å²) in [5.41, 5.74) is 3.97. The highest BCUT2D eigenvalue weighted by molar-refractivity contribution is 7.70. The van der Waals surface area contributed by atoms with E-state index in [9.17, 15) is 4.57 Å². The SMILES string of the molecule is CP(C)(=O)c1ccc2c(c1)CCN2Cc1ccccc1. The first-order valence-electron chi connectivity index (χ1n) is 7.01. The monoisotopic (exact) mass is 285 g/mol. The van der Waals surface area contributed by atoms with E-state index in [1.54, 1.807) is 0 Å². The largest absolute Gasteiger partial charge is 0.367 e. The zero-order chi connectivity index (χ0) is 14.2. The standard InChI is InChI=1S/C17H20NOP/c1-20(2,19)16-8-9-17-15(12-16)10-11-18(17)13-14-6-4-3-5-7-14/h3-9,12H,10-11,13H2,1-2H3. The van der Waals surface area contributed by atoms with E-state index in [-0.39, 0.29) is 0 Å². The predicted octanol–water partition coefficient (Wildman–Crippen LogP) is 3.50. The molecule has 0 radical (unpaired) electrons. The summed E-state index contributed by atoms with van der Waals surface area (Å²) in [5.74, 6) is 0. The molecule has 3 rings (SSSR count). The Morgan fingerprint density at radius 2 is 1.85 bits per heavy atom. The maximum absolute atomic E-state index is 12.2. The molecule has 0 amide bonds. The van der Waals surface area contributed by atoms with Crippen molar-refractivity contribution in [3.63, 3.8) is 0 Å². The van der Waals surface area contributed by atoms with E-state index >= 15 is 0 Å². The van der Waals surface area contributed by atoms with E-state index in [2.05, 4.69) is 41.3 Å². The van der Waals surface area contributed by atoms with Crippen molar-refractivity contribution in [1.82, 2.24) is 0 Å². The molecule has 0 saturated heterocycles. The molecule has 2 aromatic carbocycles. The molecule has 0 fully saturated rings. The zero-order valence-electron chi connectivity index (χ0n) is 12.0. The molecule has 1 heterocycles. The Kier molecular flexibility index (Phi) is 3.43. The molecular formula is C17H20NOP. The average Bonchev–Trinajstić information content (AvgIpc) is 2.81. The molecule has 0 saturated carbocycles. The number of nitrogens with zero attached hydrogens (tertiary/aromatic N) is 1. The zero-order valence-corrected chi connectivity index (χ0v) is 12.9. The van der Waals surface area contributed by atoms with Crippen LogP contribution >= 0.6 is 7.14 Å². The summed E-state index contributed by atoms with van der Waals surface area (Å²) in [6.07, 6.45) is 1.05. The molecular weight excluding hydrogens is 265 g/mol. The molecule has 0 N–H and O–H groups in total. The topological polar surface area (TPSA) is 20.3 Å². The minimum Gasteiger partial charge on any atom is -0.367 e.